The summed E-state index contributed by atoms with van der Waals surface area (Å²) < 4.78 is 296. The summed E-state index contributed by atoms with van der Waals surface area (Å²) in [5.74, 6) is -55.6. The van der Waals surface area contributed by atoms with Crippen LogP contribution in [0.25, 0.3) is 0 Å². The number of ether oxygens (including phenoxy) is 1. The van der Waals surface area contributed by atoms with Crippen LogP contribution in [0.3, 0.4) is 0 Å². The second-order valence-corrected chi connectivity index (χ2v) is 15.5. The van der Waals surface area contributed by atoms with Gasteiger partial charge in [0, 0.05) is 22.3 Å². The summed E-state index contributed by atoms with van der Waals surface area (Å²) in [5.41, 5.74) is -8.15. The minimum absolute atomic E-state index is 0.0215. The number of hydrogen-bond acceptors (Lipinski definition) is 7. The van der Waals surface area contributed by atoms with E-state index in [4.69, 9.17) is 4.74 Å². The molecule has 0 bridgehead atoms. The first kappa shape index (κ1) is 46.7. The molecule has 4 rings (SSSR count). The zero-order valence-electron chi connectivity index (χ0n) is 29.0. The van der Waals surface area contributed by atoms with Crippen molar-refractivity contribution in [1.29, 1.82) is 0 Å². The van der Waals surface area contributed by atoms with E-state index >= 15 is 0 Å². The van der Waals surface area contributed by atoms with Gasteiger partial charge < -0.3 is 13.1 Å². The molecule has 0 amide bonds. The maximum absolute atomic E-state index is 15.0. The van der Waals surface area contributed by atoms with E-state index in [1.807, 2.05) is 0 Å². The van der Waals surface area contributed by atoms with Crippen molar-refractivity contribution in [3.8, 4) is 23.0 Å². The highest BCUT2D eigenvalue weighted by molar-refractivity contribution is 7.86. The molecule has 0 fully saturated rings. The zero-order valence-corrected chi connectivity index (χ0v) is 30.6. The molecule has 7 nitrogen and oxygen atoms in total. The van der Waals surface area contributed by atoms with Gasteiger partial charge in [-0.2, -0.15) is 87.1 Å². The Hall–Kier alpha value is -4.94. The molecule has 0 heterocycles. The van der Waals surface area contributed by atoms with E-state index in [0.29, 0.717) is 61.0 Å². The van der Waals surface area contributed by atoms with Crippen LogP contribution in [0, 0.1) is 0 Å². The smallest absolute Gasteiger partial charge is 0.382 e. The van der Waals surface area contributed by atoms with E-state index in [2.05, 4.69) is 8.37 Å². The van der Waals surface area contributed by atoms with Crippen molar-refractivity contribution < 1.29 is 100 Å². The molecule has 0 unspecified atom stereocenters. The van der Waals surface area contributed by atoms with Crippen LogP contribution < -0.4 is 13.1 Å². The fraction of sp³-hybridized carbons (Fsp3) is 0.294. The predicted octanol–water partition coefficient (Wildman–Crippen LogP) is 10.5. The lowest BCUT2D eigenvalue weighted by molar-refractivity contribution is -0.374. The van der Waals surface area contributed by atoms with Crippen molar-refractivity contribution in [2.45, 2.75) is 47.4 Å². The first-order chi connectivity index (χ1) is 26.5. The van der Waals surface area contributed by atoms with Gasteiger partial charge in [-0.25, -0.2) is 0 Å². The molecule has 0 aliphatic carbocycles. The molecule has 0 aromatic heterocycles. The highest BCUT2D eigenvalue weighted by Crippen LogP contribution is 2.61. The number of rotatable bonds is 16. The summed E-state index contributed by atoms with van der Waals surface area (Å²) in [4.78, 5) is 0. The Balaban J connectivity index is 1.55. The van der Waals surface area contributed by atoms with Gasteiger partial charge in [0.15, 0.2) is 0 Å². The van der Waals surface area contributed by atoms with Gasteiger partial charge in [-0.3, -0.25) is 0 Å². The maximum Gasteiger partial charge on any atom is 0.382 e. The van der Waals surface area contributed by atoms with Gasteiger partial charge in [0.1, 0.15) is 23.0 Å². The topological polar surface area (TPSA) is 96.0 Å². The minimum atomic E-state index is -6.90. The first-order valence-electron chi connectivity index (χ1n) is 15.4. The van der Waals surface area contributed by atoms with E-state index in [1.165, 1.54) is 0 Å². The molecule has 4 aromatic rings. The molecular formula is C34H22F16O7S2. The summed E-state index contributed by atoms with van der Waals surface area (Å²) in [7, 11) is -8.91. The number of halogens is 16. The van der Waals surface area contributed by atoms with Gasteiger partial charge in [0.2, 0.25) is 0 Å². The molecule has 0 spiro atoms. The molecule has 59 heavy (non-hydrogen) atoms. The normalized spacial score (nSPS) is 14.2. The number of hydrogen-bond donors (Lipinski definition) is 0. The summed E-state index contributed by atoms with van der Waals surface area (Å²) in [6.45, 7) is 0. The quantitative estimate of drug-likeness (QED) is 0.0816. The second kappa shape index (κ2) is 15.0. The molecule has 0 saturated carbocycles. The SMILES string of the molecule is CS(=O)(=O)Oc1cccc(C(F)(F)C(F)(F)C(F)(F)C(F)(F)c2ccc(Oc3ccc(C(F)(F)C(F)(F)C(F)(F)C(F)(F)c4cccc(OS(C)(=O)=O)c4)cc3)cc2)c1. The van der Waals surface area contributed by atoms with Gasteiger partial charge in [-0.15, -0.1) is 0 Å². The van der Waals surface area contributed by atoms with E-state index in [-0.39, 0.29) is 48.5 Å². The Morgan fingerprint density at radius 2 is 0.610 bits per heavy atom. The Morgan fingerprint density at radius 3 is 0.864 bits per heavy atom. The molecule has 0 aliphatic rings. The largest absolute Gasteiger partial charge is 0.457 e. The predicted molar refractivity (Wildman–Crippen MR) is 172 cm³/mol. The highest BCUT2D eigenvalue weighted by Gasteiger charge is 2.82. The van der Waals surface area contributed by atoms with Crippen LogP contribution in [0.1, 0.15) is 22.3 Å². The molecule has 0 aliphatic heterocycles. The lowest BCUT2D eigenvalue weighted by atomic mass is 9.90. The van der Waals surface area contributed by atoms with Crippen LogP contribution in [0.2, 0.25) is 0 Å². The van der Waals surface area contributed by atoms with Gasteiger partial charge in [0.25, 0.3) is 0 Å². The van der Waals surface area contributed by atoms with Crippen molar-refractivity contribution >= 4 is 20.2 Å². The lowest BCUT2D eigenvalue weighted by Crippen LogP contribution is -2.59. The summed E-state index contributed by atoms with van der Waals surface area (Å²) in [6, 6.07) is 3.53. The molecule has 4 aromatic carbocycles. The Morgan fingerprint density at radius 1 is 0.356 bits per heavy atom. The van der Waals surface area contributed by atoms with Crippen LogP contribution in [0.15, 0.2) is 97.1 Å². The third kappa shape index (κ3) is 8.57. The molecule has 25 heteroatoms. The molecule has 0 radical (unpaired) electrons. The fourth-order valence-corrected chi connectivity index (χ4v) is 5.86. The van der Waals surface area contributed by atoms with Crippen molar-refractivity contribution in [2.75, 3.05) is 12.5 Å². The van der Waals surface area contributed by atoms with Crippen molar-refractivity contribution in [2.24, 2.45) is 0 Å². The van der Waals surface area contributed by atoms with E-state index < -0.39 is 113 Å². The summed E-state index contributed by atoms with van der Waals surface area (Å²) in [5, 5.41) is 0. The lowest BCUT2D eigenvalue weighted by Gasteiger charge is -2.37. The van der Waals surface area contributed by atoms with Gasteiger partial charge >= 0.3 is 67.6 Å². The van der Waals surface area contributed by atoms with Crippen molar-refractivity contribution in [1.82, 2.24) is 0 Å². The summed E-state index contributed by atoms with van der Waals surface area (Å²) in [6.07, 6.45) is 0.823. The highest BCUT2D eigenvalue weighted by atomic mass is 32.2. The van der Waals surface area contributed by atoms with Crippen LogP contribution in [-0.4, -0.2) is 53.0 Å². The Labute approximate surface area is 322 Å². The number of alkyl halides is 16. The molecule has 324 valence electrons. The van der Waals surface area contributed by atoms with Crippen molar-refractivity contribution in [3.63, 3.8) is 0 Å². The Kier molecular flexibility index (Phi) is 11.8. The van der Waals surface area contributed by atoms with Crippen LogP contribution in [0.5, 0.6) is 23.0 Å². The van der Waals surface area contributed by atoms with E-state index in [9.17, 15) is 87.1 Å². The van der Waals surface area contributed by atoms with E-state index in [0.717, 1.165) is 0 Å². The maximum atomic E-state index is 15.0. The number of benzene rings is 4. The zero-order chi connectivity index (χ0) is 45.1. The van der Waals surface area contributed by atoms with Gasteiger partial charge in [-0.05, 0) is 72.8 Å². The summed E-state index contributed by atoms with van der Waals surface area (Å²) >= 11 is 0. The van der Waals surface area contributed by atoms with Crippen molar-refractivity contribution in [3.05, 3.63) is 119 Å². The molecule has 0 saturated heterocycles. The first-order valence-corrected chi connectivity index (χ1v) is 19.1. The molecule has 0 atom stereocenters. The Bertz CT molecular complexity index is 2220. The minimum Gasteiger partial charge on any atom is -0.457 e. The van der Waals surface area contributed by atoms with Crippen LogP contribution in [0.4, 0.5) is 70.2 Å². The molecular weight excluding hydrogens is 888 g/mol. The third-order valence-corrected chi connectivity index (χ3v) is 8.91. The van der Waals surface area contributed by atoms with E-state index in [1.54, 1.807) is 0 Å². The average Bonchev–Trinajstić information content (AvgIpc) is 3.10. The third-order valence-electron chi connectivity index (χ3n) is 7.92. The monoisotopic (exact) mass is 910 g/mol. The average molecular weight is 911 g/mol. The second-order valence-electron chi connectivity index (χ2n) is 12.4. The van der Waals surface area contributed by atoms with Gasteiger partial charge in [0.05, 0.1) is 12.5 Å². The van der Waals surface area contributed by atoms with Gasteiger partial charge in [-0.1, -0.05) is 24.3 Å². The van der Waals surface area contributed by atoms with Crippen LogP contribution >= 0.6 is 0 Å². The molecule has 0 N–H and O–H groups in total. The standard InChI is InChI=1S/C34H22F16O7S2/c1-58(51,52)56-25-7-3-5-21(17-25)29(39,40)33(47,48)31(43,44)27(35,36)19-9-13-23(14-10-19)55-24-15-11-20(12-16-24)28(37,38)32(45,46)34(49,50)30(41,42)22-6-4-8-26(18-22)57-59(2,53)54/h3-18H,1-2H3. The fourth-order valence-electron chi connectivity index (χ4n) is 4.95. The van der Waals surface area contributed by atoms with Crippen LogP contribution in [-0.2, 0) is 43.9 Å².